The Balaban J connectivity index is 1.29. The molecular weight excluding hydrogens is 562 g/mol. The largest absolute Gasteiger partial charge is 0.461 e. The maximum atomic E-state index is 13.3. The molecular formula is C35H29NO8. The Hall–Kier alpha value is -5.70. The quantitative estimate of drug-likeness (QED) is 0.110. The third-order valence-corrected chi connectivity index (χ3v) is 6.69. The van der Waals surface area contributed by atoms with Crippen molar-refractivity contribution in [3.05, 3.63) is 137 Å². The van der Waals surface area contributed by atoms with E-state index in [1.807, 2.05) is 78.9 Å². The van der Waals surface area contributed by atoms with Gasteiger partial charge in [0.05, 0.1) is 0 Å². The van der Waals surface area contributed by atoms with Crippen LogP contribution in [-0.2, 0) is 32.3 Å². The highest BCUT2D eigenvalue weighted by Gasteiger charge is 2.25. The predicted octanol–water partition coefficient (Wildman–Crippen LogP) is 6.18. The zero-order chi connectivity index (χ0) is 30.7. The van der Waals surface area contributed by atoms with Gasteiger partial charge in [-0.15, -0.1) is 0 Å². The van der Waals surface area contributed by atoms with Gasteiger partial charge in [0, 0.05) is 23.9 Å². The SMILES string of the molecule is O=C(CCC(NC(=O)OCc1ccccc1)C(=O)Oc1ccc2c(-c3ccccc3)cc(=O)oc2c1)OCc1ccccc1. The number of fused-ring (bicyclic) bond motifs is 1. The van der Waals surface area contributed by atoms with Crippen LogP contribution in [0.5, 0.6) is 5.75 Å². The maximum absolute atomic E-state index is 13.3. The van der Waals surface area contributed by atoms with Crippen molar-refractivity contribution in [1.29, 1.82) is 0 Å². The number of benzene rings is 4. The first kappa shape index (κ1) is 29.8. The highest BCUT2D eigenvalue weighted by molar-refractivity contribution is 5.94. The summed E-state index contributed by atoms with van der Waals surface area (Å²) in [6, 6.07) is 32.4. The van der Waals surface area contributed by atoms with Crippen molar-refractivity contribution >= 4 is 29.0 Å². The summed E-state index contributed by atoms with van der Waals surface area (Å²) in [7, 11) is 0. The van der Waals surface area contributed by atoms with Gasteiger partial charge in [0.25, 0.3) is 0 Å². The highest BCUT2D eigenvalue weighted by Crippen LogP contribution is 2.29. The molecule has 1 N–H and O–H groups in total. The van der Waals surface area contributed by atoms with E-state index in [1.54, 1.807) is 24.3 Å². The molecule has 4 aromatic carbocycles. The standard InChI is InChI=1S/C35H29NO8/c37-32(41-22-24-10-4-1-5-11-24)19-18-30(36-35(40)42-23-25-12-6-2-7-13-25)34(39)43-27-16-17-28-29(26-14-8-3-9-15-26)21-33(38)44-31(28)20-27/h1-17,20-21,30H,18-19,22-23H2,(H,36,40). The Morgan fingerprint density at radius 3 is 2.00 bits per heavy atom. The van der Waals surface area contributed by atoms with Crippen LogP contribution in [0.2, 0.25) is 0 Å². The van der Waals surface area contributed by atoms with E-state index in [2.05, 4.69) is 5.32 Å². The number of ether oxygens (including phenoxy) is 3. The molecule has 1 amide bonds. The number of amides is 1. The molecule has 0 bridgehead atoms. The van der Waals surface area contributed by atoms with E-state index >= 15 is 0 Å². The molecule has 9 nitrogen and oxygen atoms in total. The number of hydrogen-bond acceptors (Lipinski definition) is 8. The molecule has 1 aromatic heterocycles. The molecule has 5 rings (SSSR count). The number of carbonyl (C=O) groups is 3. The van der Waals surface area contributed by atoms with Crippen molar-refractivity contribution in [2.75, 3.05) is 0 Å². The first-order valence-corrected chi connectivity index (χ1v) is 14.0. The van der Waals surface area contributed by atoms with Gasteiger partial charge in [-0.25, -0.2) is 14.4 Å². The van der Waals surface area contributed by atoms with Gasteiger partial charge in [-0.1, -0.05) is 91.0 Å². The second-order valence-electron chi connectivity index (χ2n) is 9.87. The summed E-state index contributed by atoms with van der Waals surface area (Å²) in [5, 5.41) is 3.15. The minimum atomic E-state index is -1.24. The van der Waals surface area contributed by atoms with E-state index in [1.165, 1.54) is 12.1 Å². The van der Waals surface area contributed by atoms with Gasteiger partial charge in [0.15, 0.2) is 0 Å². The van der Waals surface area contributed by atoms with Crippen LogP contribution in [0.15, 0.2) is 124 Å². The van der Waals surface area contributed by atoms with Gasteiger partial charge < -0.3 is 23.9 Å². The molecule has 0 fully saturated rings. The molecule has 0 aliphatic carbocycles. The molecule has 222 valence electrons. The first-order valence-electron chi connectivity index (χ1n) is 14.0. The van der Waals surface area contributed by atoms with E-state index in [-0.39, 0.29) is 37.4 Å². The highest BCUT2D eigenvalue weighted by atomic mass is 16.6. The second-order valence-corrected chi connectivity index (χ2v) is 9.87. The van der Waals surface area contributed by atoms with Crippen molar-refractivity contribution in [1.82, 2.24) is 5.32 Å². The van der Waals surface area contributed by atoms with E-state index in [9.17, 15) is 19.2 Å². The number of rotatable bonds is 11. The third kappa shape index (κ3) is 8.19. The lowest BCUT2D eigenvalue weighted by Gasteiger charge is -2.17. The van der Waals surface area contributed by atoms with Crippen LogP contribution >= 0.6 is 0 Å². The lowest BCUT2D eigenvalue weighted by atomic mass is 10.0. The zero-order valence-corrected chi connectivity index (χ0v) is 23.6. The third-order valence-electron chi connectivity index (χ3n) is 6.69. The fourth-order valence-electron chi connectivity index (χ4n) is 4.48. The summed E-state index contributed by atoms with van der Waals surface area (Å²) in [6.07, 6.45) is -1.13. The first-order chi connectivity index (χ1) is 21.4. The molecule has 0 aliphatic rings. The minimum absolute atomic E-state index is 0.0129. The Morgan fingerprint density at radius 1 is 0.727 bits per heavy atom. The van der Waals surface area contributed by atoms with Crippen LogP contribution in [0.4, 0.5) is 4.79 Å². The fourth-order valence-corrected chi connectivity index (χ4v) is 4.48. The Morgan fingerprint density at radius 2 is 1.34 bits per heavy atom. The van der Waals surface area contributed by atoms with E-state index in [0.717, 1.165) is 16.7 Å². The number of alkyl carbamates (subject to hydrolysis) is 1. The number of esters is 2. The Labute approximate surface area is 253 Å². The normalized spacial score (nSPS) is 11.4. The molecule has 44 heavy (non-hydrogen) atoms. The van der Waals surface area contributed by atoms with Crippen LogP contribution < -0.4 is 15.7 Å². The van der Waals surface area contributed by atoms with E-state index in [4.69, 9.17) is 18.6 Å². The van der Waals surface area contributed by atoms with Crippen LogP contribution in [0, 0.1) is 0 Å². The van der Waals surface area contributed by atoms with Crippen LogP contribution in [0.25, 0.3) is 22.1 Å². The maximum Gasteiger partial charge on any atom is 0.408 e. The Bertz CT molecular complexity index is 1790. The summed E-state index contributed by atoms with van der Waals surface area (Å²) in [5.41, 5.74) is 2.74. The lowest BCUT2D eigenvalue weighted by molar-refractivity contribution is -0.145. The summed E-state index contributed by atoms with van der Waals surface area (Å²) < 4.78 is 21.6. The molecule has 5 aromatic rings. The second kappa shape index (κ2) is 14.5. The van der Waals surface area contributed by atoms with Crippen molar-refractivity contribution in [3.8, 4) is 16.9 Å². The van der Waals surface area contributed by atoms with Crippen LogP contribution in [-0.4, -0.2) is 24.1 Å². The zero-order valence-electron chi connectivity index (χ0n) is 23.6. The lowest BCUT2D eigenvalue weighted by Crippen LogP contribution is -2.43. The summed E-state index contributed by atoms with van der Waals surface area (Å²) in [5.74, 6) is -1.29. The molecule has 9 heteroatoms. The monoisotopic (exact) mass is 591 g/mol. The molecule has 1 atom stereocenters. The van der Waals surface area contributed by atoms with Crippen molar-refractivity contribution < 1.29 is 33.0 Å². The van der Waals surface area contributed by atoms with Gasteiger partial charge in [0.2, 0.25) is 0 Å². The topological polar surface area (TPSA) is 121 Å². The number of nitrogens with one attached hydrogen (secondary N) is 1. The molecule has 0 saturated heterocycles. The number of carbonyl (C=O) groups excluding carboxylic acids is 3. The van der Waals surface area contributed by atoms with Crippen LogP contribution in [0.3, 0.4) is 0 Å². The van der Waals surface area contributed by atoms with Gasteiger partial charge in [-0.3, -0.25) is 4.79 Å². The predicted molar refractivity (Wildman–Crippen MR) is 163 cm³/mol. The van der Waals surface area contributed by atoms with Crippen LogP contribution in [0.1, 0.15) is 24.0 Å². The minimum Gasteiger partial charge on any atom is -0.461 e. The molecule has 0 spiro atoms. The summed E-state index contributed by atoms with van der Waals surface area (Å²) in [6.45, 7) is 0.0651. The van der Waals surface area contributed by atoms with Crippen molar-refractivity contribution in [2.45, 2.75) is 32.1 Å². The molecule has 0 saturated carbocycles. The number of hydrogen-bond donors (Lipinski definition) is 1. The van der Waals surface area contributed by atoms with E-state index in [0.29, 0.717) is 10.9 Å². The van der Waals surface area contributed by atoms with Gasteiger partial charge in [0.1, 0.15) is 30.6 Å². The molecule has 0 aliphatic heterocycles. The summed E-state index contributed by atoms with van der Waals surface area (Å²) >= 11 is 0. The Kier molecular flexibility index (Phi) is 9.79. The van der Waals surface area contributed by atoms with Gasteiger partial charge >= 0.3 is 23.7 Å². The van der Waals surface area contributed by atoms with Gasteiger partial charge in [-0.2, -0.15) is 0 Å². The fraction of sp³-hybridized carbons (Fsp3) is 0.143. The van der Waals surface area contributed by atoms with Crippen molar-refractivity contribution in [3.63, 3.8) is 0 Å². The molecule has 0 radical (unpaired) electrons. The molecule has 1 heterocycles. The van der Waals surface area contributed by atoms with Gasteiger partial charge in [-0.05, 0) is 40.8 Å². The average molecular weight is 592 g/mol. The average Bonchev–Trinajstić information content (AvgIpc) is 3.05. The van der Waals surface area contributed by atoms with Crippen molar-refractivity contribution in [2.24, 2.45) is 0 Å². The molecule has 1 unspecified atom stereocenters. The smallest absolute Gasteiger partial charge is 0.408 e. The summed E-state index contributed by atoms with van der Waals surface area (Å²) in [4.78, 5) is 50.7. The van der Waals surface area contributed by atoms with E-state index < -0.39 is 29.7 Å².